The molecule has 3 aromatic heterocycles. The number of nitrogens with one attached hydrogen (secondary N) is 1. The summed E-state index contributed by atoms with van der Waals surface area (Å²) in [6.45, 7) is 0.769. The van der Waals surface area contributed by atoms with E-state index >= 15 is 0 Å². The van der Waals surface area contributed by atoms with Gasteiger partial charge in [-0.1, -0.05) is 0 Å². The first-order valence-corrected chi connectivity index (χ1v) is 8.68. The van der Waals surface area contributed by atoms with Crippen LogP contribution in [0.25, 0.3) is 27.8 Å². The zero-order valence-electron chi connectivity index (χ0n) is 15.2. The number of H-pyrrole nitrogens is 1. The molecule has 3 heterocycles. The van der Waals surface area contributed by atoms with Gasteiger partial charge in [-0.05, 0) is 31.2 Å². The molecule has 0 aliphatic rings. The van der Waals surface area contributed by atoms with Gasteiger partial charge in [-0.25, -0.2) is 9.78 Å². The van der Waals surface area contributed by atoms with Crippen LogP contribution in [0.1, 0.15) is 6.92 Å². The highest BCUT2D eigenvalue weighted by molar-refractivity contribution is 5.88. The molecule has 1 aromatic carbocycles. The van der Waals surface area contributed by atoms with Crippen LogP contribution in [0.15, 0.2) is 47.5 Å². The Hall–Kier alpha value is -3.56. The largest absolute Gasteiger partial charge is 0.491 e. The highest BCUT2D eigenvalue weighted by Crippen LogP contribution is 2.30. The average molecular weight is 404 g/mol. The Morgan fingerprint density at radius 3 is 2.59 bits per heavy atom. The minimum Gasteiger partial charge on any atom is -0.491 e. The van der Waals surface area contributed by atoms with Crippen molar-refractivity contribution in [3.63, 3.8) is 0 Å². The van der Waals surface area contributed by atoms with Crippen molar-refractivity contribution < 1.29 is 22.6 Å². The third kappa shape index (κ3) is 3.60. The minimum absolute atomic E-state index is 0.0187. The summed E-state index contributed by atoms with van der Waals surface area (Å²) in [6, 6.07) is 7.78. The van der Waals surface area contributed by atoms with E-state index in [9.17, 15) is 18.0 Å². The maximum Gasteiger partial charge on any atom is 0.422 e. The first kappa shape index (κ1) is 18.8. The topological polar surface area (TPSA) is 82.0 Å². The zero-order valence-corrected chi connectivity index (χ0v) is 15.2. The van der Waals surface area contributed by atoms with E-state index in [1.807, 2.05) is 6.92 Å². The van der Waals surface area contributed by atoms with Crippen molar-refractivity contribution in [1.29, 1.82) is 0 Å². The SMILES string of the molecule is CCOc1ccnc2[nH]c(=O)n(-c3ccc4nccc(OCC(F)(F)F)c4c3)c12. The summed E-state index contributed by atoms with van der Waals surface area (Å²) >= 11 is 0. The molecule has 0 saturated carbocycles. The lowest BCUT2D eigenvalue weighted by Crippen LogP contribution is -2.19. The van der Waals surface area contributed by atoms with Gasteiger partial charge in [-0.2, -0.15) is 13.2 Å². The summed E-state index contributed by atoms with van der Waals surface area (Å²) in [4.78, 5) is 23.5. The third-order valence-electron chi connectivity index (χ3n) is 4.17. The summed E-state index contributed by atoms with van der Waals surface area (Å²) < 4.78 is 49.6. The van der Waals surface area contributed by atoms with E-state index in [2.05, 4.69) is 15.0 Å². The van der Waals surface area contributed by atoms with Crippen LogP contribution in [0.2, 0.25) is 0 Å². The van der Waals surface area contributed by atoms with Gasteiger partial charge in [0, 0.05) is 23.8 Å². The van der Waals surface area contributed by atoms with E-state index < -0.39 is 18.5 Å². The van der Waals surface area contributed by atoms with Crippen molar-refractivity contribution >= 4 is 22.1 Å². The molecule has 10 heteroatoms. The first-order valence-electron chi connectivity index (χ1n) is 8.68. The second-order valence-corrected chi connectivity index (χ2v) is 6.12. The number of ether oxygens (including phenoxy) is 2. The molecule has 150 valence electrons. The Kier molecular flexibility index (Phi) is 4.61. The number of aromatic amines is 1. The van der Waals surface area contributed by atoms with E-state index in [1.165, 1.54) is 23.0 Å². The zero-order chi connectivity index (χ0) is 20.6. The van der Waals surface area contributed by atoms with Crippen molar-refractivity contribution in [2.75, 3.05) is 13.2 Å². The first-order chi connectivity index (χ1) is 13.9. The maximum absolute atomic E-state index is 12.6. The maximum atomic E-state index is 12.6. The molecule has 0 radical (unpaired) electrons. The number of pyridine rings is 2. The van der Waals surface area contributed by atoms with Crippen molar-refractivity contribution in [2.24, 2.45) is 0 Å². The highest BCUT2D eigenvalue weighted by Gasteiger charge is 2.28. The molecule has 0 aliphatic heterocycles. The molecule has 1 N–H and O–H groups in total. The van der Waals surface area contributed by atoms with Crippen molar-refractivity contribution in [1.82, 2.24) is 19.5 Å². The quantitative estimate of drug-likeness (QED) is 0.550. The molecule has 7 nitrogen and oxygen atoms in total. The summed E-state index contributed by atoms with van der Waals surface area (Å²) in [5, 5.41) is 0.345. The van der Waals surface area contributed by atoms with Crippen LogP contribution in [0.5, 0.6) is 11.5 Å². The smallest absolute Gasteiger partial charge is 0.422 e. The fourth-order valence-electron chi connectivity index (χ4n) is 3.05. The number of benzene rings is 1. The molecule has 0 bridgehead atoms. The molecule has 0 aliphatic carbocycles. The lowest BCUT2D eigenvalue weighted by Gasteiger charge is -2.12. The monoisotopic (exact) mass is 404 g/mol. The molecule has 0 unspecified atom stereocenters. The highest BCUT2D eigenvalue weighted by atomic mass is 19.4. The van der Waals surface area contributed by atoms with Gasteiger partial charge in [-0.3, -0.25) is 14.5 Å². The van der Waals surface area contributed by atoms with Gasteiger partial charge in [-0.15, -0.1) is 0 Å². The number of hydrogen-bond acceptors (Lipinski definition) is 5. The Labute approximate surface area is 161 Å². The number of hydrogen-bond donors (Lipinski definition) is 1. The third-order valence-corrected chi connectivity index (χ3v) is 4.17. The lowest BCUT2D eigenvalue weighted by molar-refractivity contribution is -0.153. The Bertz CT molecular complexity index is 1250. The Balaban J connectivity index is 1.89. The van der Waals surface area contributed by atoms with E-state index in [1.54, 1.807) is 24.3 Å². The van der Waals surface area contributed by atoms with Crippen LogP contribution in [-0.2, 0) is 0 Å². The van der Waals surface area contributed by atoms with Crippen LogP contribution in [0, 0.1) is 0 Å². The number of halogens is 3. The molecule has 29 heavy (non-hydrogen) atoms. The van der Waals surface area contributed by atoms with E-state index in [0.717, 1.165) is 0 Å². The summed E-state index contributed by atoms with van der Waals surface area (Å²) in [5.74, 6) is 0.473. The molecule has 0 spiro atoms. The van der Waals surface area contributed by atoms with Gasteiger partial charge in [0.25, 0.3) is 0 Å². The fraction of sp³-hybridized carbons (Fsp3) is 0.211. The van der Waals surface area contributed by atoms with Gasteiger partial charge < -0.3 is 9.47 Å². The van der Waals surface area contributed by atoms with Crippen LogP contribution in [-0.4, -0.2) is 38.9 Å². The average Bonchev–Trinajstić information content (AvgIpc) is 3.02. The minimum atomic E-state index is -4.47. The second kappa shape index (κ2) is 7.12. The molecule has 0 atom stereocenters. The molecule has 0 saturated heterocycles. The molecular weight excluding hydrogens is 389 g/mol. The summed E-state index contributed by atoms with van der Waals surface area (Å²) in [7, 11) is 0. The standard InChI is InChI=1S/C19H15F3N4O3/c1-2-28-15-6-8-24-17-16(15)26(18(27)25-17)11-3-4-13-12(9-11)14(5-7-23-13)29-10-19(20,21)22/h3-9H,2,10H2,1H3,(H,24,25,27). The number of alkyl halides is 3. The second-order valence-electron chi connectivity index (χ2n) is 6.12. The van der Waals surface area contributed by atoms with Gasteiger partial charge in [0.15, 0.2) is 12.3 Å². The van der Waals surface area contributed by atoms with Gasteiger partial charge >= 0.3 is 11.9 Å². The Morgan fingerprint density at radius 1 is 1.07 bits per heavy atom. The molecular formula is C19H15F3N4O3. The van der Waals surface area contributed by atoms with Crippen molar-refractivity contribution in [2.45, 2.75) is 13.1 Å². The fourth-order valence-corrected chi connectivity index (χ4v) is 3.05. The molecule has 0 amide bonds. The van der Waals surface area contributed by atoms with Crippen LogP contribution < -0.4 is 15.2 Å². The predicted octanol–water partition coefficient (Wildman–Crippen LogP) is 3.60. The number of rotatable bonds is 5. The number of nitrogens with zero attached hydrogens (tertiary/aromatic N) is 3. The van der Waals surface area contributed by atoms with E-state index in [4.69, 9.17) is 9.47 Å². The van der Waals surface area contributed by atoms with Gasteiger partial charge in [0.2, 0.25) is 0 Å². The number of aromatic nitrogens is 4. The molecule has 4 aromatic rings. The summed E-state index contributed by atoms with van der Waals surface area (Å²) in [6.07, 6.45) is -1.59. The van der Waals surface area contributed by atoms with Crippen molar-refractivity contribution in [3.05, 3.63) is 53.2 Å². The predicted molar refractivity (Wildman–Crippen MR) is 99.7 cm³/mol. The lowest BCUT2D eigenvalue weighted by atomic mass is 10.1. The molecule has 4 rings (SSSR count). The van der Waals surface area contributed by atoms with E-state index in [0.29, 0.717) is 40.1 Å². The van der Waals surface area contributed by atoms with E-state index in [-0.39, 0.29) is 5.75 Å². The van der Waals surface area contributed by atoms with Gasteiger partial charge in [0.1, 0.15) is 17.0 Å². The molecule has 0 fully saturated rings. The van der Waals surface area contributed by atoms with Crippen LogP contribution >= 0.6 is 0 Å². The van der Waals surface area contributed by atoms with Crippen LogP contribution in [0.4, 0.5) is 13.2 Å². The normalized spacial score (nSPS) is 11.9. The summed E-state index contributed by atoms with van der Waals surface area (Å²) in [5.41, 5.74) is 1.15. The Morgan fingerprint density at radius 2 is 1.83 bits per heavy atom. The van der Waals surface area contributed by atoms with Gasteiger partial charge in [0.05, 0.1) is 17.8 Å². The van der Waals surface area contributed by atoms with Crippen molar-refractivity contribution in [3.8, 4) is 17.2 Å². The van der Waals surface area contributed by atoms with Crippen LogP contribution in [0.3, 0.4) is 0 Å². The number of fused-ring (bicyclic) bond motifs is 2. The number of imidazole rings is 1.